The largest absolute Gasteiger partial charge is 0.481 e. The molecule has 8 heteroatoms. The minimum atomic E-state index is -3.36. The second kappa shape index (κ2) is 6.14. The molecule has 1 rings (SSSR count). The summed E-state index contributed by atoms with van der Waals surface area (Å²) in [4.78, 5) is 21.2. The molecule has 18 heavy (non-hydrogen) atoms. The minimum Gasteiger partial charge on any atom is -0.481 e. The van der Waals surface area contributed by atoms with Crippen molar-refractivity contribution in [2.75, 3.05) is 26.0 Å². The summed E-state index contributed by atoms with van der Waals surface area (Å²) in [6, 6.07) is 0. The molecule has 1 fully saturated rings. The maximum atomic E-state index is 11.7. The summed E-state index contributed by atoms with van der Waals surface area (Å²) in [6.07, 6.45) is 0.283. The maximum Gasteiger partial charge on any atom is 0.305 e. The van der Waals surface area contributed by atoms with Gasteiger partial charge in [0.2, 0.25) is 10.0 Å². The Kier molecular flexibility index (Phi) is 5.09. The zero-order valence-corrected chi connectivity index (χ0v) is 11.0. The van der Waals surface area contributed by atoms with Crippen LogP contribution in [0.25, 0.3) is 0 Å². The number of methoxy groups -OCH3 is 1. The minimum absolute atomic E-state index is 0.00577. The van der Waals surface area contributed by atoms with Gasteiger partial charge in [-0.15, -0.1) is 0 Å². The van der Waals surface area contributed by atoms with Crippen molar-refractivity contribution in [3.63, 3.8) is 0 Å². The van der Waals surface area contributed by atoms with E-state index in [0.29, 0.717) is 0 Å². The number of esters is 1. The van der Waals surface area contributed by atoms with E-state index < -0.39 is 22.0 Å². The maximum absolute atomic E-state index is 11.7. The summed E-state index contributed by atoms with van der Waals surface area (Å²) in [5.74, 6) is -1.56. The predicted octanol–water partition coefficient (Wildman–Crippen LogP) is -0.324. The first-order chi connectivity index (χ1) is 8.35. The molecule has 0 bridgehead atoms. The SMILES string of the molecule is COC(=O)CCCS(=O)(=O)N1CC(CC(=O)O)C1. The molecule has 0 radical (unpaired) electrons. The van der Waals surface area contributed by atoms with Crippen LogP contribution in [0.5, 0.6) is 0 Å². The van der Waals surface area contributed by atoms with Crippen LogP contribution in [-0.4, -0.2) is 55.7 Å². The van der Waals surface area contributed by atoms with Crippen LogP contribution in [0.3, 0.4) is 0 Å². The average molecular weight is 279 g/mol. The van der Waals surface area contributed by atoms with Crippen molar-refractivity contribution >= 4 is 22.0 Å². The summed E-state index contributed by atoms with van der Waals surface area (Å²) in [5.41, 5.74) is 0. The molecule has 0 saturated carbocycles. The molecule has 1 heterocycles. The molecule has 0 spiro atoms. The van der Waals surface area contributed by atoms with E-state index in [1.807, 2.05) is 0 Å². The summed E-state index contributed by atoms with van der Waals surface area (Å²) in [5, 5.41) is 8.55. The molecule has 7 nitrogen and oxygen atoms in total. The number of carboxylic acids is 1. The Morgan fingerprint density at radius 3 is 2.50 bits per heavy atom. The van der Waals surface area contributed by atoms with Gasteiger partial charge in [0.25, 0.3) is 0 Å². The van der Waals surface area contributed by atoms with Crippen molar-refractivity contribution in [2.24, 2.45) is 5.92 Å². The zero-order valence-electron chi connectivity index (χ0n) is 10.2. The predicted molar refractivity (Wildman–Crippen MR) is 62.4 cm³/mol. The van der Waals surface area contributed by atoms with Crippen molar-refractivity contribution in [1.82, 2.24) is 4.31 Å². The lowest BCUT2D eigenvalue weighted by molar-refractivity contribution is -0.141. The third-order valence-electron chi connectivity index (χ3n) is 2.79. The Morgan fingerprint density at radius 1 is 1.39 bits per heavy atom. The summed E-state index contributed by atoms with van der Waals surface area (Å²) in [6.45, 7) is 0.514. The van der Waals surface area contributed by atoms with Crippen LogP contribution in [0.15, 0.2) is 0 Å². The fraction of sp³-hybridized carbons (Fsp3) is 0.800. The van der Waals surface area contributed by atoms with Crippen molar-refractivity contribution in [3.05, 3.63) is 0 Å². The average Bonchev–Trinajstić information content (AvgIpc) is 2.21. The van der Waals surface area contributed by atoms with Gasteiger partial charge in [-0.2, -0.15) is 0 Å². The molecule has 1 N–H and O–H groups in total. The summed E-state index contributed by atoms with van der Waals surface area (Å²) < 4.78 is 29.2. The molecular weight excluding hydrogens is 262 g/mol. The highest BCUT2D eigenvalue weighted by atomic mass is 32.2. The lowest BCUT2D eigenvalue weighted by Gasteiger charge is -2.37. The second-order valence-corrected chi connectivity index (χ2v) is 6.37. The Labute approximate surface area is 106 Å². The van der Waals surface area contributed by atoms with Gasteiger partial charge in [0.15, 0.2) is 0 Å². The van der Waals surface area contributed by atoms with Gasteiger partial charge >= 0.3 is 11.9 Å². The van der Waals surface area contributed by atoms with Gasteiger partial charge in [-0.05, 0) is 12.3 Å². The Hall–Kier alpha value is -1.15. The fourth-order valence-corrected chi connectivity index (χ4v) is 3.40. The number of hydrogen-bond acceptors (Lipinski definition) is 5. The van der Waals surface area contributed by atoms with E-state index in [1.165, 1.54) is 11.4 Å². The number of nitrogens with zero attached hydrogens (tertiary/aromatic N) is 1. The molecular formula is C10H17NO6S. The molecule has 0 aromatic heterocycles. The number of sulfonamides is 1. The Balaban J connectivity index is 2.29. The number of ether oxygens (including phenoxy) is 1. The molecule has 0 aliphatic carbocycles. The third kappa shape index (κ3) is 4.26. The summed E-state index contributed by atoms with van der Waals surface area (Å²) >= 11 is 0. The van der Waals surface area contributed by atoms with Gasteiger partial charge in [0.1, 0.15) is 0 Å². The van der Waals surface area contributed by atoms with Gasteiger partial charge in [-0.3, -0.25) is 9.59 Å². The molecule has 0 unspecified atom stereocenters. The highest BCUT2D eigenvalue weighted by Crippen LogP contribution is 2.23. The highest BCUT2D eigenvalue weighted by Gasteiger charge is 2.36. The lowest BCUT2D eigenvalue weighted by atomic mass is 10.00. The van der Waals surface area contributed by atoms with Gasteiger partial charge in [-0.25, -0.2) is 12.7 Å². The van der Waals surface area contributed by atoms with Crippen LogP contribution in [0.4, 0.5) is 0 Å². The smallest absolute Gasteiger partial charge is 0.305 e. The molecule has 0 amide bonds. The van der Waals surface area contributed by atoms with Crippen LogP contribution in [0, 0.1) is 5.92 Å². The van der Waals surface area contributed by atoms with E-state index in [0.717, 1.165) is 0 Å². The van der Waals surface area contributed by atoms with Crippen LogP contribution in [0.2, 0.25) is 0 Å². The first-order valence-corrected chi connectivity index (χ1v) is 7.22. The molecule has 0 aromatic carbocycles. The van der Waals surface area contributed by atoms with Crippen LogP contribution in [-0.2, 0) is 24.3 Å². The Bertz CT molecular complexity index is 412. The summed E-state index contributed by atoms with van der Waals surface area (Å²) in [7, 11) is -2.11. The monoisotopic (exact) mass is 279 g/mol. The normalized spacial score (nSPS) is 17.2. The molecule has 0 aromatic rings. The lowest BCUT2D eigenvalue weighted by Crippen LogP contribution is -2.51. The van der Waals surface area contributed by atoms with Crippen LogP contribution >= 0.6 is 0 Å². The van der Waals surface area contributed by atoms with E-state index in [1.54, 1.807) is 0 Å². The number of hydrogen-bond donors (Lipinski definition) is 1. The van der Waals surface area contributed by atoms with E-state index in [9.17, 15) is 18.0 Å². The van der Waals surface area contributed by atoms with Gasteiger partial charge < -0.3 is 9.84 Å². The van der Waals surface area contributed by atoms with Crippen molar-refractivity contribution in [3.8, 4) is 0 Å². The first-order valence-electron chi connectivity index (χ1n) is 5.61. The van der Waals surface area contributed by atoms with Crippen molar-refractivity contribution < 1.29 is 27.9 Å². The molecule has 1 aliphatic heterocycles. The van der Waals surface area contributed by atoms with Crippen molar-refractivity contribution in [1.29, 1.82) is 0 Å². The first kappa shape index (κ1) is 14.9. The van der Waals surface area contributed by atoms with Gasteiger partial charge in [0, 0.05) is 19.5 Å². The van der Waals surface area contributed by atoms with E-state index in [4.69, 9.17) is 5.11 Å². The van der Waals surface area contributed by atoms with Crippen LogP contribution < -0.4 is 0 Å². The quantitative estimate of drug-likeness (QED) is 0.641. The number of carbonyl (C=O) groups excluding carboxylic acids is 1. The number of aliphatic carboxylic acids is 1. The van der Waals surface area contributed by atoms with Gasteiger partial charge in [0.05, 0.1) is 19.3 Å². The zero-order chi connectivity index (χ0) is 13.8. The molecule has 1 saturated heterocycles. The van der Waals surface area contributed by atoms with Crippen LogP contribution in [0.1, 0.15) is 19.3 Å². The molecule has 104 valence electrons. The van der Waals surface area contributed by atoms with Gasteiger partial charge in [-0.1, -0.05) is 0 Å². The molecule has 0 atom stereocenters. The highest BCUT2D eigenvalue weighted by molar-refractivity contribution is 7.89. The number of carboxylic acid groups (broad SMARTS) is 1. The Morgan fingerprint density at radius 2 is 2.00 bits per heavy atom. The van der Waals surface area contributed by atoms with E-state index >= 15 is 0 Å². The van der Waals surface area contributed by atoms with Crippen molar-refractivity contribution in [2.45, 2.75) is 19.3 Å². The number of carbonyl (C=O) groups is 2. The second-order valence-electron chi connectivity index (χ2n) is 4.28. The molecule has 1 aliphatic rings. The van der Waals surface area contributed by atoms with E-state index in [2.05, 4.69) is 4.74 Å². The standard InChI is InChI=1S/C10H17NO6S/c1-17-10(14)3-2-4-18(15,16)11-6-8(7-11)5-9(12)13/h8H,2-7H2,1H3,(H,12,13). The number of rotatable bonds is 7. The van der Waals surface area contributed by atoms with E-state index in [-0.39, 0.29) is 44.0 Å². The fourth-order valence-electron chi connectivity index (χ4n) is 1.76. The topological polar surface area (TPSA) is 101 Å². The third-order valence-corrected chi connectivity index (χ3v) is 4.68.